The first kappa shape index (κ1) is 18.6. The maximum atomic E-state index is 12.4. The highest BCUT2D eigenvalue weighted by Crippen LogP contribution is 2.44. The summed E-state index contributed by atoms with van der Waals surface area (Å²) < 4.78 is 0. The molecule has 1 aliphatic carbocycles. The largest absolute Gasteiger partial charge is 0.356 e. The minimum atomic E-state index is 0.0588. The molecular formula is C22H30N6O. The molecule has 1 spiro atoms. The Morgan fingerprint density at radius 1 is 1.03 bits per heavy atom. The summed E-state index contributed by atoms with van der Waals surface area (Å²) in [5.74, 6) is 2.69. The van der Waals surface area contributed by atoms with Crippen LogP contribution in [0.1, 0.15) is 61.8 Å². The van der Waals surface area contributed by atoms with Gasteiger partial charge >= 0.3 is 0 Å². The summed E-state index contributed by atoms with van der Waals surface area (Å²) in [6.07, 6.45) is 7.33. The van der Waals surface area contributed by atoms with Gasteiger partial charge in [0, 0.05) is 48.9 Å². The Kier molecular flexibility index (Phi) is 4.56. The smallest absolute Gasteiger partial charge is 0.254 e. The van der Waals surface area contributed by atoms with Crippen LogP contribution in [0.4, 0.5) is 11.8 Å². The normalized spacial score (nSPS) is 20.5. The zero-order valence-electron chi connectivity index (χ0n) is 17.5. The van der Waals surface area contributed by atoms with Crippen molar-refractivity contribution in [2.24, 2.45) is 0 Å². The van der Waals surface area contributed by atoms with Gasteiger partial charge in [0.05, 0.1) is 5.69 Å². The van der Waals surface area contributed by atoms with Crippen LogP contribution in [-0.4, -0.2) is 46.1 Å². The average Bonchev–Trinajstić information content (AvgIpc) is 3.38. The molecule has 5 rings (SSSR count). The number of aryl methyl sites for hydroxylation is 2. The zero-order chi connectivity index (χ0) is 20.0. The predicted octanol–water partition coefficient (Wildman–Crippen LogP) is 2.52. The Balaban J connectivity index is 1.39. The number of rotatable bonds is 3. The van der Waals surface area contributed by atoms with Gasteiger partial charge in [0.15, 0.2) is 0 Å². The van der Waals surface area contributed by atoms with Crippen molar-refractivity contribution in [2.45, 2.75) is 64.2 Å². The predicted molar refractivity (Wildman–Crippen MR) is 114 cm³/mol. The van der Waals surface area contributed by atoms with Crippen molar-refractivity contribution in [2.75, 3.05) is 36.0 Å². The van der Waals surface area contributed by atoms with Crippen LogP contribution in [0.25, 0.3) is 0 Å². The van der Waals surface area contributed by atoms with Crippen LogP contribution in [0.5, 0.6) is 0 Å². The number of hydrogen-bond acceptors (Lipinski definition) is 6. The molecule has 0 amide bonds. The van der Waals surface area contributed by atoms with E-state index in [1.54, 1.807) is 0 Å². The molecule has 29 heavy (non-hydrogen) atoms. The molecule has 0 bridgehead atoms. The molecule has 4 heterocycles. The molecule has 2 fully saturated rings. The number of nitrogens with one attached hydrogen (secondary N) is 1. The third-order valence-electron chi connectivity index (χ3n) is 7.04. The summed E-state index contributed by atoms with van der Waals surface area (Å²) in [5.41, 5.74) is 3.21. The number of H-pyrrole nitrogens is 1. The summed E-state index contributed by atoms with van der Waals surface area (Å²) >= 11 is 0. The molecule has 0 unspecified atom stereocenters. The third kappa shape index (κ3) is 3.20. The van der Waals surface area contributed by atoms with Crippen LogP contribution >= 0.6 is 0 Å². The monoisotopic (exact) mass is 394 g/mol. The van der Waals surface area contributed by atoms with Gasteiger partial charge in [-0.2, -0.15) is 4.98 Å². The highest BCUT2D eigenvalue weighted by Gasteiger charge is 2.44. The molecule has 0 aromatic carbocycles. The van der Waals surface area contributed by atoms with Crippen molar-refractivity contribution in [3.05, 3.63) is 39.2 Å². The molecule has 2 saturated heterocycles. The summed E-state index contributed by atoms with van der Waals surface area (Å²) in [5, 5.41) is 0. The van der Waals surface area contributed by atoms with E-state index < -0.39 is 0 Å². The second-order valence-corrected chi connectivity index (χ2v) is 8.81. The molecule has 154 valence electrons. The Morgan fingerprint density at radius 2 is 1.79 bits per heavy atom. The second-order valence-electron chi connectivity index (χ2n) is 8.81. The molecule has 3 aliphatic rings. The highest BCUT2D eigenvalue weighted by molar-refractivity contribution is 5.48. The van der Waals surface area contributed by atoms with E-state index in [9.17, 15) is 4.79 Å². The van der Waals surface area contributed by atoms with E-state index in [-0.39, 0.29) is 11.0 Å². The van der Waals surface area contributed by atoms with Crippen LogP contribution in [-0.2, 0) is 18.3 Å². The van der Waals surface area contributed by atoms with Gasteiger partial charge in [-0.3, -0.25) is 4.79 Å². The number of aromatic nitrogens is 4. The molecule has 1 N–H and O–H groups in total. The molecule has 7 nitrogen and oxygen atoms in total. The lowest BCUT2D eigenvalue weighted by atomic mass is 9.76. The average molecular weight is 395 g/mol. The van der Waals surface area contributed by atoms with E-state index in [0.29, 0.717) is 0 Å². The van der Waals surface area contributed by atoms with Crippen LogP contribution in [0, 0.1) is 6.92 Å². The molecule has 0 radical (unpaired) electrons. The minimum absolute atomic E-state index is 0.0588. The second kappa shape index (κ2) is 7.11. The van der Waals surface area contributed by atoms with Crippen molar-refractivity contribution < 1.29 is 0 Å². The molecule has 2 aromatic rings. The van der Waals surface area contributed by atoms with Gasteiger partial charge in [-0.05, 0) is 51.9 Å². The Morgan fingerprint density at radius 3 is 2.52 bits per heavy atom. The Bertz CT molecular complexity index is 970. The fourth-order valence-corrected chi connectivity index (χ4v) is 5.29. The van der Waals surface area contributed by atoms with E-state index in [1.165, 1.54) is 12.8 Å². The third-order valence-corrected chi connectivity index (χ3v) is 7.04. The van der Waals surface area contributed by atoms with E-state index in [0.717, 1.165) is 92.8 Å². The van der Waals surface area contributed by atoms with Gasteiger partial charge in [-0.25, -0.2) is 9.97 Å². The van der Waals surface area contributed by atoms with E-state index in [1.807, 2.05) is 6.92 Å². The standard InChI is InChI=1S/C22H30N6O/c1-3-16-14-18(26-21(25-16)28-10-4-5-11-28)27-12-8-22(9-13-27)7-6-17-19(22)23-15(2)24-20(17)29/h14H,3-13H2,1-2H3,(H,23,24,29). The quantitative estimate of drug-likeness (QED) is 0.862. The summed E-state index contributed by atoms with van der Waals surface area (Å²) in [6.45, 7) is 8.07. The number of hydrogen-bond donors (Lipinski definition) is 1. The summed E-state index contributed by atoms with van der Waals surface area (Å²) in [7, 11) is 0. The first-order valence-electron chi connectivity index (χ1n) is 11.1. The lowest BCUT2D eigenvalue weighted by molar-refractivity contribution is 0.321. The number of anilines is 2. The van der Waals surface area contributed by atoms with Gasteiger partial charge in [0.25, 0.3) is 5.56 Å². The van der Waals surface area contributed by atoms with Crippen LogP contribution in [0.15, 0.2) is 10.9 Å². The van der Waals surface area contributed by atoms with Crippen molar-refractivity contribution in [1.29, 1.82) is 0 Å². The fourth-order valence-electron chi connectivity index (χ4n) is 5.29. The van der Waals surface area contributed by atoms with E-state index in [4.69, 9.17) is 15.0 Å². The molecule has 7 heteroatoms. The van der Waals surface area contributed by atoms with Crippen molar-refractivity contribution in [1.82, 2.24) is 19.9 Å². The van der Waals surface area contributed by atoms with Crippen molar-refractivity contribution in [3.63, 3.8) is 0 Å². The maximum Gasteiger partial charge on any atom is 0.254 e. The summed E-state index contributed by atoms with van der Waals surface area (Å²) in [4.78, 5) is 34.5. The zero-order valence-corrected chi connectivity index (χ0v) is 17.5. The molecular weight excluding hydrogens is 364 g/mol. The number of fused-ring (bicyclic) bond motifs is 2. The summed E-state index contributed by atoms with van der Waals surface area (Å²) in [6, 6.07) is 2.16. The van der Waals surface area contributed by atoms with Crippen molar-refractivity contribution >= 4 is 11.8 Å². The Hall–Kier alpha value is -2.44. The van der Waals surface area contributed by atoms with Gasteiger partial charge in [0.2, 0.25) is 5.95 Å². The lowest BCUT2D eigenvalue weighted by Gasteiger charge is -2.40. The number of piperidine rings is 1. The number of nitrogens with zero attached hydrogens (tertiary/aromatic N) is 5. The highest BCUT2D eigenvalue weighted by atomic mass is 16.1. The molecule has 0 atom stereocenters. The maximum absolute atomic E-state index is 12.4. The van der Waals surface area contributed by atoms with Crippen LogP contribution in [0.3, 0.4) is 0 Å². The van der Waals surface area contributed by atoms with Crippen molar-refractivity contribution in [3.8, 4) is 0 Å². The SMILES string of the molecule is CCc1cc(N2CCC3(CCc4c3nc(C)[nH]c4=O)CC2)nc(N2CCCC2)n1. The topological polar surface area (TPSA) is 78.0 Å². The molecule has 2 aromatic heterocycles. The Labute approximate surface area is 171 Å². The van der Waals surface area contributed by atoms with Gasteiger partial charge in [-0.1, -0.05) is 6.92 Å². The number of aromatic amines is 1. The minimum Gasteiger partial charge on any atom is -0.356 e. The first-order valence-corrected chi connectivity index (χ1v) is 11.1. The first-order chi connectivity index (χ1) is 14.1. The van der Waals surface area contributed by atoms with E-state index in [2.05, 4.69) is 27.8 Å². The fraction of sp³-hybridized carbons (Fsp3) is 0.636. The van der Waals surface area contributed by atoms with Gasteiger partial charge in [0.1, 0.15) is 11.6 Å². The van der Waals surface area contributed by atoms with Crippen LogP contribution < -0.4 is 15.4 Å². The van der Waals surface area contributed by atoms with Crippen LogP contribution in [0.2, 0.25) is 0 Å². The lowest BCUT2D eigenvalue weighted by Crippen LogP contribution is -2.43. The van der Waals surface area contributed by atoms with Gasteiger partial charge in [-0.15, -0.1) is 0 Å². The van der Waals surface area contributed by atoms with E-state index >= 15 is 0 Å². The van der Waals surface area contributed by atoms with Gasteiger partial charge < -0.3 is 14.8 Å². The molecule has 0 saturated carbocycles. The molecule has 2 aliphatic heterocycles.